The van der Waals surface area contributed by atoms with Crippen LogP contribution in [0.2, 0.25) is 0 Å². The molecule has 7 N–H and O–H groups in total. The van der Waals surface area contributed by atoms with Crippen LogP contribution < -0.4 is 37.5 Å². The highest BCUT2D eigenvalue weighted by atomic mass is 19.1. The summed E-state index contributed by atoms with van der Waals surface area (Å²) in [6, 6.07) is 9.92. The molecule has 74 heavy (non-hydrogen) atoms. The Morgan fingerprint density at radius 1 is 0.905 bits per heavy atom. The van der Waals surface area contributed by atoms with E-state index < -0.39 is 91.0 Å². The third-order valence-corrected chi connectivity index (χ3v) is 13.8. The number of cyclic esters (lactones) is 1. The van der Waals surface area contributed by atoms with Crippen LogP contribution in [0.5, 0.6) is 0 Å². The zero-order valence-corrected chi connectivity index (χ0v) is 41.0. The van der Waals surface area contributed by atoms with E-state index in [9.17, 15) is 48.3 Å². The second-order valence-electron chi connectivity index (χ2n) is 18.6. The van der Waals surface area contributed by atoms with E-state index in [1.807, 2.05) is 0 Å². The number of esters is 1. The number of aliphatic hydroxyl groups is 1. The van der Waals surface area contributed by atoms with E-state index in [1.54, 1.807) is 61.2 Å². The van der Waals surface area contributed by atoms with Gasteiger partial charge < -0.3 is 55.9 Å². The Labute approximate surface area is 424 Å². The molecule has 7 amide bonds. The molecule has 0 saturated carbocycles. The van der Waals surface area contributed by atoms with Crippen LogP contribution in [0.3, 0.4) is 0 Å². The van der Waals surface area contributed by atoms with E-state index in [2.05, 4.69) is 31.9 Å². The number of amides is 7. The summed E-state index contributed by atoms with van der Waals surface area (Å²) in [6.45, 7) is 1.96. The number of ether oxygens (including phenoxy) is 2. The van der Waals surface area contributed by atoms with Crippen molar-refractivity contribution < 1.29 is 57.3 Å². The SMILES string of the molecule is CC[C@@]1(O)C(=O)OCc2c1cc1n(c2=O)Cc2c-1nc1cc(F)c(C)c3c1c2[C@@H](NC(=O)COCNC(=O)CNC(=O)C(Cc1ccccc1)NC(=O)CNC(=O)CNC(=O)CCCCCN1CC=CC1=O)CC3. The van der Waals surface area contributed by atoms with Gasteiger partial charge in [0.25, 0.3) is 5.56 Å². The lowest BCUT2D eigenvalue weighted by molar-refractivity contribution is -0.172. The standard InChI is InChI=1S/C52H58FN9O12/c1-3-52(72)34-20-39-48-32(25-62(39)50(70)33(34)26-74-51(52)71)47-36(16-15-31-29(2)35(53)21-37(60-48)46(31)47)58-44(67)27-73-28-57-42(65)23-56-49(69)38(19-30-11-6-4-7-12-30)59-43(66)24-55-41(64)22-54-40(63)13-8-5-9-17-61-18-10-14-45(61)68/h4,6-7,10-12,14,20-21,36,38,72H,3,5,8-9,13,15-19,22-28H2,1-2H3,(H,54,63)(H,55,64)(H,56,69)(H,57,65)(H,58,67)(H,59,66)/t36-,38?,52-/m0/s1. The molecule has 390 valence electrons. The fraction of sp³-hybridized carbons (Fsp3) is 0.423. The van der Waals surface area contributed by atoms with Gasteiger partial charge in [-0.2, -0.15) is 0 Å². The molecule has 2 aromatic carbocycles. The molecule has 2 aromatic heterocycles. The van der Waals surface area contributed by atoms with Gasteiger partial charge in [0.1, 0.15) is 31.8 Å². The van der Waals surface area contributed by atoms with Crippen molar-refractivity contribution in [2.75, 3.05) is 46.1 Å². The first-order chi connectivity index (χ1) is 35.6. The van der Waals surface area contributed by atoms with Gasteiger partial charge in [-0.3, -0.25) is 38.4 Å². The van der Waals surface area contributed by atoms with Crippen LogP contribution in [-0.4, -0.2) is 119 Å². The van der Waals surface area contributed by atoms with E-state index in [0.29, 0.717) is 76.9 Å². The number of halogens is 1. The summed E-state index contributed by atoms with van der Waals surface area (Å²) in [5.74, 6) is -4.89. The van der Waals surface area contributed by atoms with Gasteiger partial charge in [-0.15, -0.1) is 0 Å². The molecule has 0 spiro atoms. The van der Waals surface area contributed by atoms with E-state index in [-0.39, 0.29) is 61.9 Å². The summed E-state index contributed by atoms with van der Waals surface area (Å²) in [7, 11) is 0. The van der Waals surface area contributed by atoms with Crippen LogP contribution in [0.15, 0.2) is 59.4 Å². The second kappa shape index (κ2) is 22.9. The molecule has 0 saturated heterocycles. The van der Waals surface area contributed by atoms with Gasteiger partial charge in [0.05, 0.1) is 54.7 Å². The van der Waals surface area contributed by atoms with Crippen molar-refractivity contribution in [1.29, 1.82) is 0 Å². The molecule has 4 aliphatic rings. The molecule has 1 unspecified atom stereocenters. The first kappa shape index (κ1) is 52.5. The number of hydrogen-bond donors (Lipinski definition) is 7. The molecular weight excluding hydrogens is 962 g/mol. The normalized spacial score (nSPS) is 17.4. The molecule has 1 aliphatic carbocycles. The molecule has 3 aliphatic heterocycles. The summed E-state index contributed by atoms with van der Waals surface area (Å²) in [5.41, 5.74) is 1.91. The largest absolute Gasteiger partial charge is 0.458 e. The summed E-state index contributed by atoms with van der Waals surface area (Å²) >= 11 is 0. The number of nitrogens with one attached hydrogen (secondary N) is 6. The van der Waals surface area contributed by atoms with Crippen LogP contribution in [0, 0.1) is 12.7 Å². The maximum atomic E-state index is 15.4. The van der Waals surface area contributed by atoms with Crippen LogP contribution in [-0.2, 0) is 79.4 Å². The van der Waals surface area contributed by atoms with Crippen molar-refractivity contribution in [2.24, 2.45) is 0 Å². The Bertz CT molecular complexity index is 3020. The number of pyridine rings is 2. The summed E-state index contributed by atoms with van der Waals surface area (Å²) in [5, 5.41) is 27.5. The lowest BCUT2D eigenvalue weighted by Gasteiger charge is -2.31. The van der Waals surface area contributed by atoms with Crippen molar-refractivity contribution in [1.82, 2.24) is 46.4 Å². The average Bonchev–Trinajstić information content (AvgIpc) is 3.99. The minimum atomic E-state index is -2.05. The van der Waals surface area contributed by atoms with Crippen molar-refractivity contribution in [3.05, 3.63) is 110 Å². The average molecular weight is 1020 g/mol. The number of rotatable bonds is 22. The number of carbonyl (C=O) groups is 8. The minimum Gasteiger partial charge on any atom is -0.458 e. The van der Waals surface area contributed by atoms with Crippen molar-refractivity contribution in [2.45, 2.75) is 96.1 Å². The maximum Gasteiger partial charge on any atom is 0.343 e. The van der Waals surface area contributed by atoms with Crippen LogP contribution in [0.1, 0.15) is 90.4 Å². The van der Waals surface area contributed by atoms with Crippen LogP contribution >= 0.6 is 0 Å². The number of carbonyl (C=O) groups excluding carboxylic acids is 8. The highest BCUT2D eigenvalue weighted by Crippen LogP contribution is 2.46. The van der Waals surface area contributed by atoms with Gasteiger partial charge in [0.15, 0.2) is 5.60 Å². The Kier molecular flexibility index (Phi) is 16.3. The first-order valence-corrected chi connectivity index (χ1v) is 24.6. The number of aromatic nitrogens is 2. The fourth-order valence-electron chi connectivity index (χ4n) is 9.82. The van der Waals surface area contributed by atoms with Crippen LogP contribution in [0.4, 0.5) is 4.39 Å². The third-order valence-electron chi connectivity index (χ3n) is 13.8. The van der Waals surface area contributed by atoms with Crippen molar-refractivity contribution in [3.8, 4) is 11.4 Å². The van der Waals surface area contributed by atoms with Gasteiger partial charge in [0, 0.05) is 54.6 Å². The van der Waals surface area contributed by atoms with Gasteiger partial charge >= 0.3 is 5.97 Å². The number of nitrogens with zero attached hydrogens (tertiary/aromatic N) is 3. The van der Waals surface area contributed by atoms with E-state index in [1.165, 1.54) is 16.7 Å². The van der Waals surface area contributed by atoms with E-state index in [4.69, 9.17) is 14.5 Å². The summed E-state index contributed by atoms with van der Waals surface area (Å²) in [6.07, 6.45) is 6.38. The third kappa shape index (κ3) is 11.5. The molecule has 0 bridgehead atoms. The Balaban J connectivity index is 0.809. The lowest BCUT2D eigenvalue weighted by Crippen LogP contribution is -2.52. The number of fused-ring (bicyclic) bond motifs is 5. The smallest absolute Gasteiger partial charge is 0.343 e. The maximum absolute atomic E-state index is 15.4. The molecule has 3 atom stereocenters. The summed E-state index contributed by atoms with van der Waals surface area (Å²) < 4.78 is 27.5. The molecule has 4 aromatic rings. The number of hydrogen-bond acceptors (Lipinski definition) is 13. The first-order valence-electron chi connectivity index (χ1n) is 24.6. The van der Waals surface area contributed by atoms with Crippen molar-refractivity contribution >= 4 is 58.2 Å². The zero-order valence-electron chi connectivity index (χ0n) is 41.0. The topological polar surface area (TPSA) is 286 Å². The molecule has 21 nitrogen and oxygen atoms in total. The highest BCUT2D eigenvalue weighted by Gasteiger charge is 2.46. The van der Waals surface area contributed by atoms with Gasteiger partial charge in [-0.25, -0.2) is 14.2 Å². The van der Waals surface area contributed by atoms with Gasteiger partial charge in [0.2, 0.25) is 41.4 Å². The lowest BCUT2D eigenvalue weighted by atomic mass is 9.81. The predicted molar refractivity (Wildman–Crippen MR) is 263 cm³/mol. The quantitative estimate of drug-likeness (QED) is 0.0287. The fourth-order valence-corrected chi connectivity index (χ4v) is 9.82. The molecule has 5 heterocycles. The van der Waals surface area contributed by atoms with Gasteiger partial charge in [-0.1, -0.05) is 49.8 Å². The van der Waals surface area contributed by atoms with E-state index in [0.717, 1.165) is 18.4 Å². The number of unbranched alkanes of at least 4 members (excludes halogenated alkanes) is 2. The number of benzene rings is 2. The molecule has 8 rings (SSSR count). The molecule has 0 radical (unpaired) electrons. The highest BCUT2D eigenvalue weighted by molar-refractivity contribution is 5.95. The monoisotopic (exact) mass is 1020 g/mol. The Hall–Kier alpha value is -7.85. The van der Waals surface area contributed by atoms with Crippen LogP contribution in [0.25, 0.3) is 22.3 Å². The Morgan fingerprint density at radius 2 is 1.65 bits per heavy atom. The molecule has 0 fully saturated rings. The van der Waals surface area contributed by atoms with Crippen molar-refractivity contribution in [3.63, 3.8) is 0 Å². The minimum absolute atomic E-state index is 0.0200. The number of aryl methyl sites for hydroxylation is 1. The van der Waals surface area contributed by atoms with Gasteiger partial charge in [-0.05, 0) is 67.3 Å². The van der Waals surface area contributed by atoms with E-state index >= 15 is 4.39 Å². The predicted octanol–water partition coefficient (Wildman–Crippen LogP) is 0.756. The second-order valence-corrected chi connectivity index (χ2v) is 18.6. The summed E-state index contributed by atoms with van der Waals surface area (Å²) in [4.78, 5) is 122. The molecule has 22 heteroatoms. The zero-order chi connectivity index (χ0) is 52.7. The molecular formula is C52H58FN9O12. The Morgan fingerprint density at radius 3 is 2.41 bits per heavy atom.